The Kier molecular flexibility index (Phi) is 8.33. The van der Waals surface area contributed by atoms with Crippen molar-refractivity contribution in [1.82, 2.24) is 10.6 Å². The number of nitrogens with two attached hydrogens (primary N) is 1. The second kappa shape index (κ2) is 8.81. The quantitative estimate of drug-likeness (QED) is 0.542. The lowest BCUT2D eigenvalue weighted by Gasteiger charge is -2.10. The molecule has 84 valence electrons. The van der Waals surface area contributed by atoms with Crippen molar-refractivity contribution in [2.24, 2.45) is 5.73 Å². The van der Waals surface area contributed by atoms with Gasteiger partial charge in [0, 0.05) is 19.1 Å². The van der Waals surface area contributed by atoms with Crippen LogP contribution in [0, 0.1) is 0 Å². The first kappa shape index (κ1) is 13.2. The van der Waals surface area contributed by atoms with Crippen LogP contribution in [0.5, 0.6) is 0 Å². The molecule has 4 heteroatoms. The maximum atomic E-state index is 11.1. The Bertz CT molecular complexity index is 150. The normalized spacial score (nSPS) is 12.2. The molecule has 0 bridgehead atoms. The number of hydrogen-bond donors (Lipinski definition) is 3. The minimum absolute atomic E-state index is 0.0817. The summed E-state index contributed by atoms with van der Waals surface area (Å²) in [6, 6.07) is 0.118. The van der Waals surface area contributed by atoms with E-state index < -0.39 is 0 Å². The number of amides is 2. The van der Waals surface area contributed by atoms with Gasteiger partial charge >= 0.3 is 6.03 Å². The Morgan fingerprint density at radius 1 is 1.29 bits per heavy atom. The fraction of sp³-hybridized carbons (Fsp3) is 0.900. The van der Waals surface area contributed by atoms with Crippen molar-refractivity contribution in [3.05, 3.63) is 0 Å². The summed E-state index contributed by atoms with van der Waals surface area (Å²) in [6.45, 7) is 5.56. The van der Waals surface area contributed by atoms with Crippen molar-refractivity contribution >= 4 is 6.03 Å². The maximum absolute atomic E-state index is 11.1. The lowest BCUT2D eigenvalue weighted by atomic mass is 10.2. The van der Waals surface area contributed by atoms with Gasteiger partial charge in [-0.25, -0.2) is 4.79 Å². The van der Waals surface area contributed by atoms with Crippen LogP contribution in [0.4, 0.5) is 4.79 Å². The van der Waals surface area contributed by atoms with E-state index in [1.54, 1.807) is 0 Å². The van der Waals surface area contributed by atoms with Crippen molar-refractivity contribution in [2.75, 3.05) is 13.1 Å². The molecule has 0 heterocycles. The van der Waals surface area contributed by atoms with Crippen LogP contribution in [0.15, 0.2) is 0 Å². The van der Waals surface area contributed by atoms with Crippen LogP contribution in [0.2, 0.25) is 0 Å². The van der Waals surface area contributed by atoms with Gasteiger partial charge in [-0.2, -0.15) is 0 Å². The zero-order valence-electron chi connectivity index (χ0n) is 9.31. The maximum Gasteiger partial charge on any atom is 0.314 e. The molecule has 0 aromatic rings. The summed E-state index contributed by atoms with van der Waals surface area (Å²) in [6.07, 6.45) is 3.93. The van der Waals surface area contributed by atoms with E-state index in [2.05, 4.69) is 17.6 Å². The van der Waals surface area contributed by atoms with E-state index >= 15 is 0 Å². The molecule has 0 aliphatic rings. The van der Waals surface area contributed by atoms with Crippen LogP contribution in [0.3, 0.4) is 0 Å². The van der Waals surface area contributed by atoms with Gasteiger partial charge in [-0.1, -0.05) is 20.3 Å². The zero-order chi connectivity index (χ0) is 10.8. The smallest absolute Gasteiger partial charge is 0.314 e. The van der Waals surface area contributed by atoms with Crippen molar-refractivity contribution in [3.8, 4) is 0 Å². The van der Waals surface area contributed by atoms with E-state index in [1.807, 2.05) is 6.92 Å². The van der Waals surface area contributed by atoms with Gasteiger partial charge in [0.1, 0.15) is 0 Å². The molecule has 0 fully saturated rings. The third-order valence-electron chi connectivity index (χ3n) is 2.14. The Morgan fingerprint density at radius 3 is 2.50 bits per heavy atom. The fourth-order valence-corrected chi connectivity index (χ4v) is 1.02. The highest BCUT2D eigenvalue weighted by molar-refractivity contribution is 5.73. The number of unbranched alkanes of at least 4 members (excludes halogenated alkanes) is 1. The Labute approximate surface area is 86.6 Å². The van der Waals surface area contributed by atoms with Gasteiger partial charge in [0.2, 0.25) is 0 Å². The van der Waals surface area contributed by atoms with Gasteiger partial charge in [-0.05, 0) is 19.3 Å². The van der Waals surface area contributed by atoms with Gasteiger partial charge in [-0.15, -0.1) is 0 Å². The van der Waals surface area contributed by atoms with Crippen molar-refractivity contribution < 1.29 is 4.79 Å². The molecule has 0 rings (SSSR count). The van der Waals surface area contributed by atoms with Gasteiger partial charge in [0.25, 0.3) is 0 Å². The number of carbonyl (C=O) groups is 1. The first-order valence-electron chi connectivity index (χ1n) is 5.48. The number of urea groups is 1. The van der Waals surface area contributed by atoms with Crippen molar-refractivity contribution in [2.45, 2.75) is 45.6 Å². The monoisotopic (exact) mass is 201 g/mol. The number of nitrogens with one attached hydrogen (secondary N) is 2. The predicted octanol–water partition coefficient (Wildman–Crippen LogP) is 1.21. The fourth-order valence-electron chi connectivity index (χ4n) is 1.02. The molecular formula is C10H23N3O. The third-order valence-corrected chi connectivity index (χ3v) is 2.14. The minimum atomic E-state index is -0.0817. The molecule has 2 amide bonds. The van der Waals surface area contributed by atoms with Gasteiger partial charge in [-0.3, -0.25) is 0 Å². The van der Waals surface area contributed by atoms with Crippen molar-refractivity contribution in [1.29, 1.82) is 0 Å². The highest BCUT2D eigenvalue weighted by Crippen LogP contribution is 1.90. The Balaban J connectivity index is 3.26. The van der Waals surface area contributed by atoms with Crippen molar-refractivity contribution in [3.63, 3.8) is 0 Å². The Hall–Kier alpha value is -0.770. The molecule has 0 spiro atoms. The topological polar surface area (TPSA) is 67.2 Å². The van der Waals surface area contributed by atoms with E-state index in [4.69, 9.17) is 5.73 Å². The molecule has 0 saturated heterocycles. The molecule has 4 nitrogen and oxygen atoms in total. The lowest BCUT2D eigenvalue weighted by Crippen LogP contribution is -2.38. The van der Waals surface area contributed by atoms with Crippen LogP contribution in [0.1, 0.15) is 39.5 Å². The molecule has 0 aliphatic carbocycles. The number of rotatable bonds is 7. The Morgan fingerprint density at radius 2 is 1.93 bits per heavy atom. The van der Waals surface area contributed by atoms with Gasteiger partial charge < -0.3 is 16.4 Å². The van der Waals surface area contributed by atoms with E-state index in [0.717, 1.165) is 32.2 Å². The summed E-state index contributed by atoms with van der Waals surface area (Å²) < 4.78 is 0. The molecule has 0 aliphatic heterocycles. The minimum Gasteiger partial charge on any atom is -0.338 e. The van der Waals surface area contributed by atoms with Crippen LogP contribution in [-0.2, 0) is 0 Å². The highest BCUT2D eigenvalue weighted by atomic mass is 16.2. The second-order valence-corrected chi connectivity index (χ2v) is 3.49. The third kappa shape index (κ3) is 7.86. The van der Waals surface area contributed by atoms with Crippen LogP contribution in [-0.4, -0.2) is 25.2 Å². The summed E-state index contributed by atoms with van der Waals surface area (Å²) in [5, 5.41) is 5.56. The van der Waals surface area contributed by atoms with E-state index in [9.17, 15) is 4.79 Å². The summed E-state index contributed by atoms with van der Waals surface area (Å²) >= 11 is 0. The summed E-state index contributed by atoms with van der Waals surface area (Å²) in [5.74, 6) is 0. The molecule has 0 saturated carbocycles. The zero-order valence-corrected chi connectivity index (χ0v) is 9.31. The highest BCUT2D eigenvalue weighted by Gasteiger charge is 2.01. The molecule has 14 heavy (non-hydrogen) atoms. The van der Waals surface area contributed by atoms with E-state index in [-0.39, 0.29) is 12.1 Å². The van der Waals surface area contributed by atoms with Gasteiger partial charge in [0.05, 0.1) is 0 Å². The number of carbonyl (C=O) groups excluding carboxylic acids is 1. The second-order valence-electron chi connectivity index (χ2n) is 3.49. The molecule has 4 N–H and O–H groups in total. The molecule has 1 atom stereocenters. The first-order valence-corrected chi connectivity index (χ1v) is 5.48. The van der Waals surface area contributed by atoms with E-state index in [0.29, 0.717) is 6.54 Å². The van der Waals surface area contributed by atoms with Gasteiger partial charge in [0.15, 0.2) is 0 Å². The molecule has 0 aromatic carbocycles. The largest absolute Gasteiger partial charge is 0.338 e. The summed E-state index contributed by atoms with van der Waals surface area (Å²) in [5.41, 5.74) is 5.71. The average Bonchev–Trinajstić information content (AvgIpc) is 2.18. The van der Waals surface area contributed by atoms with E-state index in [1.165, 1.54) is 0 Å². The molecule has 0 radical (unpaired) electrons. The first-order chi connectivity index (χ1) is 6.70. The standard InChI is InChI=1S/C10H23N3O/c1-3-5-7-12-10(14)13-8-6-9(11)4-2/h9H,3-8,11H2,1-2H3,(H2,12,13,14). The van der Waals surface area contributed by atoms with Crippen LogP contribution < -0.4 is 16.4 Å². The lowest BCUT2D eigenvalue weighted by molar-refractivity contribution is 0.240. The molecule has 0 aromatic heterocycles. The summed E-state index contributed by atoms with van der Waals surface area (Å²) in [4.78, 5) is 11.1. The SMILES string of the molecule is CCCCNC(=O)NCCC(N)CC. The predicted molar refractivity (Wildman–Crippen MR) is 59.2 cm³/mol. The average molecular weight is 201 g/mol. The van der Waals surface area contributed by atoms with Crippen LogP contribution in [0.25, 0.3) is 0 Å². The number of hydrogen-bond acceptors (Lipinski definition) is 2. The molecule has 1 unspecified atom stereocenters. The van der Waals surface area contributed by atoms with Crippen LogP contribution >= 0.6 is 0 Å². The molecular weight excluding hydrogens is 178 g/mol. The summed E-state index contributed by atoms with van der Waals surface area (Å²) in [7, 11) is 0.